The first-order valence-corrected chi connectivity index (χ1v) is 12.1. The summed E-state index contributed by atoms with van der Waals surface area (Å²) in [5.41, 5.74) is 5.76. The number of carbonyl (C=O) groups excluding carboxylic acids is 2. The lowest BCUT2D eigenvalue weighted by Gasteiger charge is -2.35. The fraction of sp³-hybridized carbons (Fsp3) is 0.333. The van der Waals surface area contributed by atoms with E-state index in [4.69, 9.17) is 17.3 Å². The van der Waals surface area contributed by atoms with E-state index in [0.717, 1.165) is 0 Å². The lowest BCUT2D eigenvalue weighted by molar-refractivity contribution is -0.132. The molecular weight excluding hydrogens is 497 g/mol. The van der Waals surface area contributed by atoms with Crippen LogP contribution in [0.4, 0.5) is 18.0 Å². The summed E-state index contributed by atoms with van der Waals surface area (Å²) < 4.78 is 66.9. The number of urea groups is 1. The molecule has 1 saturated heterocycles. The predicted molar refractivity (Wildman–Crippen MR) is 118 cm³/mol. The quantitative estimate of drug-likeness (QED) is 0.570. The van der Waals surface area contributed by atoms with E-state index in [1.807, 2.05) is 4.72 Å². The smallest absolute Gasteiger partial charge is 0.331 e. The van der Waals surface area contributed by atoms with Gasteiger partial charge in [0.25, 0.3) is 10.0 Å². The SMILES string of the molecule is N[C@@H](CC(=O)N1CCN(C(=O)NS(=O)(=O)c2ccc(Cl)cc2)CC1)Cc1cc(F)c(F)cc1F. The number of carbonyl (C=O) groups is 2. The van der Waals surface area contributed by atoms with Gasteiger partial charge in [0.05, 0.1) is 4.90 Å². The van der Waals surface area contributed by atoms with E-state index in [1.165, 1.54) is 34.1 Å². The number of nitrogens with one attached hydrogen (secondary N) is 1. The highest BCUT2D eigenvalue weighted by Gasteiger charge is 2.28. The largest absolute Gasteiger partial charge is 0.339 e. The summed E-state index contributed by atoms with van der Waals surface area (Å²) >= 11 is 5.74. The molecule has 3 amide bonds. The number of benzene rings is 2. The van der Waals surface area contributed by atoms with Crippen molar-refractivity contribution >= 4 is 33.6 Å². The van der Waals surface area contributed by atoms with Gasteiger partial charge >= 0.3 is 6.03 Å². The van der Waals surface area contributed by atoms with Gasteiger partial charge in [0.1, 0.15) is 5.82 Å². The van der Waals surface area contributed by atoms with Crippen LogP contribution in [0, 0.1) is 17.5 Å². The Labute approximate surface area is 199 Å². The van der Waals surface area contributed by atoms with Crippen molar-refractivity contribution in [2.75, 3.05) is 26.2 Å². The molecule has 0 radical (unpaired) electrons. The van der Waals surface area contributed by atoms with Crippen molar-refractivity contribution in [2.24, 2.45) is 5.73 Å². The van der Waals surface area contributed by atoms with E-state index >= 15 is 0 Å². The average molecular weight is 519 g/mol. The fourth-order valence-electron chi connectivity index (χ4n) is 3.44. The van der Waals surface area contributed by atoms with Gasteiger partial charge in [-0.3, -0.25) is 4.79 Å². The van der Waals surface area contributed by atoms with Crippen molar-refractivity contribution in [1.82, 2.24) is 14.5 Å². The zero-order valence-corrected chi connectivity index (χ0v) is 19.4. The molecule has 0 bridgehead atoms. The molecule has 1 atom stereocenters. The van der Waals surface area contributed by atoms with Crippen LogP contribution in [0.1, 0.15) is 12.0 Å². The van der Waals surface area contributed by atoms with Crippen LogP contribution in [0.3, 0.4) is 0 Å². The second-order valence-electron chi connectivity index (χ2n) is 7.76. The average Bonchev–Trinajstić information content (AvgIpc) is 2.77. The van der Waals surface area contributed by atoms with E-state index in [-0.39, 0.29) is 55.4 Å². The number of piperazine rings is 1. The summed E-state index contributed by atoms with van der Waals surface area (Å²) in [7, 11) is -4.09. The molecule has 0 saturated carbocycles. The Hall–Kier alpha value is -2.83. The maximum Gasteiger partial charge on any atom is 0.331 e. The summed E-state index contributed by atoms with van der Waals surface area (Å²) in [4.78, 5) is 27.5. The third-order valence-corrected chi connectivity index (χ3v) is 6.86. The molecule has 1 aliphatic rings. The number of nitrogens with zero attached hydrogens (tertiary/aromatic N) is 2. The monoisotopic (exact) mass is 518 g/mol. The minimum absolute atomic E-state index is 0.0841. The predicted octanol–water partition coefficient (Wildman–Crippen LogP) is 2.26. The van der Waals surface area contributed by atoms with Gasteiger partial charge in [0, 0.05) is 49.7 Å². The molecular formula is C21H22ClF3N4O4S. The van der Waals surface area contributed by atoms with Crippen molar-refractivity contribution < 1.29 is 31.2 Å². The second kappa shape index (κ2) is 10.6. The number of rotatable bonds is 6. The highest BCUT2D eigenvalue weighted by molar-refractivity contribution is 7.90. The molecule has 2 aromatic carbocycles. The van der Waals surface area contributed by atoms with Gasteiger partial charge in [0.2, 0.25) is 5.91 Å². The molecule has 0 aromatic heterocycles. The van der Waals surface area contributed by atoms with Gasteiger partial charge in [0.15, 0.2) is 11.6 Å². The first kappa shape index (κ1) is 25.8. The van der Waals surface area contributed by atoms with Gasteiger partial charge in [-0.2, -0.15) is 0 Å². The Morgan fingerprint density at radius 1 is 0.971 bits per heavy atom. The van der Waals surface area contributed by atoms with E-state index in [0.29, 0.717) is 17.2 Å². The van der Waals surface area contributed by atoms with Gasteiger partial charge in [-0.15, -0.1) is 0 Å². The van der Waals surface area contributed by atoms with Crippen LogP contribution >= 0.6 is 11.6 Å². The molecule has 1 aliphatic heterocycles. The molecule has 34 heavy (non-hydrogen) atoms. The number of sulfonamides is 1. The zero-order valence-electron chi connectivity index (χ0n) is 17.8. The fourth-order valence-corrected chi connectivity index (χ4v) is 4.54. The number of amides is 3. The van der Waals surface area contributed by atoms with Gasteiger partial charge in [-0.25, -0.2) is 31.1 Å². The molecule has 3 rings (SSSR count). The van der Waals surface area contributed by atoms with E-state index in [9.17, 15) is 31.2 Å². The van der Waals surface area contributed by atoms with Crippen molar-refractivity contribution in [3.05, 3.63) is 64.4 Å². The number of halogens is 4. The molecule has 3 N–H and O–H groups in total. The Morgan fingerprint density at radius 2 is 1.53 bits per heavy atom. The lowest BCUT2D eigenvalue weighted by atomic mass is 10.0. The molecule has 0 unspecified atom stereocenters. The Morgan fingerprint density at radius 3 is 2.15 bits per heavy atom. The molecule has 2 aromatic rings. The topological polar surface area (TPSA) is 113 Å². The zero-order chi connectivity index (χ0) is 25.0. The molecule has 0 aliphatic carbocycles. The Balaban J connectivity index is 1.50. The van der Waals surface area contributed by atoms with Crippen LogP contribution in [0.25, 0.3) is 0 Å². The highest BCUT2D eigenvalue weighted by Crippen LogP contribution is 2.17. The van der Waals surface area contributed by atoms with Gasteiger partial charge in [-0.1, -0.05) is 11.6 Å². The number of hydrogen-bond donors (Lipinski definition) is 2. The van der Waals surface area contributed by atoms with Crippen LogP contribution in [0.15, 0.2) is 41.3 Å². The van der Waals surface area contributed by atoms with E-state index in [2.05, 4.69) is 0 Å². The van der Waals surface area contributed by atoms with Gasteiger partial charge in [-0.05, 0) is 42.3 Å². The molecule has 0 spiro atoms. The van der Waals surface area contributed by atoms with Crippen LogP contribution in [-0.4, -0.2) is 62.4 Å². The van der Waals surface area contributed by atoms with Crippen molar-refractivity contribution in [2.45, 2.75) is 23.8 Å². The van der Waals surface area contributed by atoms with Crippen LogP contribution in [0.5, 0.6) is 0 Å². The summed E-state index contributed by atoms with van der Waals surface area (Å²) in [6, 6.07) is 4.78. The van der Waals surface area contributed by atoms with Crippen LogP contribution in [-0.2, 0) is 21.2 Å². The molecule has 1 fully saturated rings. The number of nitrogens with two attached hydrogens (primary N) is 1. The highest BCUT2D eigenvalue weighted by atomic mass is 35.5. The van der Waals surface area contributed by atoms with Crippen LogP contribution < -0.4 is 10.5 Å². The minimum Gasteiger partial charge on any atom is -0.339 e. The van der Waals surface area contributed by atoms with Crippen molar-refractivity contribution in [3.63, 3.8) is 0 Å². The summed E-state index contributed by atoms with van der Waals surface area (Å²) in [6.45, 7) is 0.445. The summed E-state index contributed by atoms with van der Waals surface area (Å²) in [5.74, 6) is -3.82. The summed E-state index contributed by atoms with van der Waals surface area (Å²) in [5, 5.41) is 0.348. The summed E-state index contributed by atoms with van der Waals surface area (Å²) in [6.07, 6.45) is -0.338. The minimum atomic E-state index is -4.09. The Bertz CT molecular complexity index is 1170. The molecule has 184 valence electrons. The van der Waals surface area contributed by atoms with Gasteiger partial charge < -0.3 is 15.5 Å². The molecule has 13 heteroatoms. The van der Waals surface area contributed by atoms with Crippen LogP contribution in [0.2, 0.25) is 5.02 Å². The first-order chi connectivity index (χ1) is 16.0. The molecule has 1 heterocycles. The normalized spacial score (nSPS) is 15.2. The maximum atomic E-state index is 13.8. The third kappa shape index (κ3) is 6.39. The lowest BCUT2D eigenvalue weighted by Crippen LogP contribution is -2.54. The van der Waals surface area contributed by atoms with E-state index < -0.39 is 39.5 Å². The van der Waals surface area contributed by atoms with Crippen molar-refractivity contribution in [3.8, 4) is 0 Å². The Kier molecular flexibility index (Phi) is 8.05. The number of hydrogen-bond acceptors (Lipinski definition) is 5. The molecule has 8 nitrogen and oxygen atoms in total. The van der Waals surface area contributed by atoms with E-state index in [1.54, 1.807) is 0 Å². The third-order valence-electron chi connectivity index (χ3n) is 5.27. The first-order valence-electron chi connectivity index (χ1n) is 10.2. The standard InChI is InChI=1S/C21H22ClF3N4O4S/c22-14-1-3-16(4-2-14)34(32,33)27-21(31)29-7-5-28(6-8-29)20(30)11-15(26)9-13-10-18(24)19(25)12-17(13)23/h1-4,10,12,15H,5-9,11,26H2,(H,27,31)/t15-/m1/s1. The van der Waals surface area contributed by atoms with Crippen molar-refractivity contribution in [1.29, 1.82) is 0 Å². The second-order valence-corrected chi connectivity index (χ2v) is 9.88. The maximum absolute atomic E-state index is 13.8.